The van der Waals surface area contributed by atoms with E-state index in [0.29, 0.717) is 12.8 Å². The number of hydrogen-bond donors (Lipinski definition) is 2. The number of halogens is 2. The molecule has 3 saturated carbocycles. The molecule has 0 aromatic carbocycles. The fraction of sp³-hybridized carbons (Fsp3) is 0.731. The molecule has 4 aliphatic carbocycles. The summed E-state index contributed by atoms with van der Waals surface area (Å²) in [6, 6.07) is 0. The zero-order valence-electron chi connectivity index (χ0n) is 20.1. The maximum Gasteiger partial charge on any atom is 0.306 e. The summed E-state index contributed by atoms with van der Waals surface area (Å²) in [6.45, 7) is 6.24. The van der Waals surface area contributed by atoms with Crippen LogP contribution in [0.25, 0.3) is 0 Å². The number of esters is 1. The molecule has 6 nitrogen and oxygen atoms in total. The molecule has 0 heterocycles. The van der Waals surface area contributed by atoms with Crippen molar-refractivity contribution in [3.05, 3.63) is 23.6 Å². The Labute approximate surface area is 198 Å². The molecular formula is C26H34F2O6. The van der Waals surface area contributed by atoms with Crippen molar-refractivity contribution in [3.8, 4) is 0 Å². The lowest BCUT2D eigenvalue weighted by atomic mass is 9.45. The minimum atomic E-state index is -1.71. The minimum Gasteiger partial charge on any atom is -0.450 e. The first-order chi connectivity index (χ1) is 15.9. The van der Waals surface area contributed by atoms with Crippen LogP contribution >= 0.6 is 0 Å². The van der Waals surface area contributed by atoms with E-state index in [1.807, 2.05) is 6.92 Å². The molecule has 0 bridgehead atoms. The van der Waals surface area contributed by atoms with E-state index in [0.717, 1.165) is 6.08 Å². The lowest BCUT2D eigenvalue weighted by Gasteiger charge is -2.60. The molecule has 0 radical (unpaired) electrons. The summed E-state index contributed by atoms with van der Waals surface area (Å²) in [7, 11) is 0. The van der Waals surface area contributed by atoms with E-state index >= 15 is 4.39 Å². The maximum absolute atomic E-state index is 15.5. The smallest absolute Gasteiger partial charge is 0.306 e. The van der Waals surface area contributed by atoms with Crippen LogP contribution in [0.1, 0.15) is 59.8 Å². The zero-order chi connectivity index (χ0) is 25.2. The van der Waals surface area contributed by atoms with Gasteiger partial charge in [-0.1, -0.05) is 33.8 Å². The van der Waals surface area contributed by atoms with Gasteiger partial charge in [-0.3, -0.25) is 14.4 Å². The number of fused-ring (bicyclic) bond motifs is 5. The van der Waals surface area contributed by atoms with Gasteiger partial charge in [0.05, 0.1) is 6.10 Å². The lowest BCUT2D eigenvalue weighted by Crippen LogP contribution is -2.65. The molecule has 0 aromatic rings. The van der Waals surface area contributed by atoms with Crippen LogP contribution < -0.4 is 0 Å². The van der Waals surface area contributed by atoms with Crippen molar-refractivity contribution in [1.82, 2.24) is 0 Å². The van der Waals surface area contributed by atoms with Crippen LogP contribution in [-0.4, -0.2) is 52.2 Å². The number of allylic oxidation sites excluding steroid dienone is 4. The van der Waals surface area contributed by atoms with E-state index in [1.165, 1.54) is 6.08 Å². The van der Waals surface area contributed by atoms with Crippen LogP contribution in [0.5, 0.6) is 0 Å². The molecule has 0 aromatic heterocycles. The van der Waals surface area contributed by atoms with E-state index in [9.17, 15) is 29.0 Å². The molecule has 0 spiro atoms. The molecule has 188 valence electrons. The van der Waals surface area contributed by atoms with E-state index in [4.69, 9.17) is 4.74 Å². The second-order valence-electron chi connectivity index (χ2n) is 11.1. The monoisotopic (exact) mass is 480 g/mol. The van der Waals surface area contributed by atoms with Gasteiger partial charge in [0, 0.05) is 34.7 Å². The van der Waals surface area contributed by atoms with Gasteiger partial charge in [-0.15, -0.1) is 0 Å². The quantitative estimate of drug-likeness (QED) is 0.585. The number of Topliss-reactive ketones (excluding diaryl/α,β-unsaturated/α-hetero) is 1. The molecule has 3 fully saturated rings. The van der Waals surface area contributed by atoms with Gasteiger partial charge in [-0.25, -0.2) is 8.78 Å². The fourth-order valence-corrected chi connectivity index (χ4v) is 8.17. The van der Waals surface area contributed by atoms with E-state index < -0.39 is 76.4 Å². The molecule has 0 aliphatic heterocycles. The van der Waals surface area contributed by atoms with Crippen LogP contribution in [0.15, 0.2) is 23.6 Å². The fourth-order valence-electron chi connectivity index (χ4n) is 8.17. The highest BCUT2D eigenvalue weighted by molar-refractivity contribution is 6.04. The average Bonchev–Trinajstić information content (AvgIpc) is 2.97. The molecule has 4 rings (SSSR count). The molecule has 0 amide bonds. The van der Waals surface area contributed by atoms with Gasteiger partial charge in [-0.2, -0.15) is 0 Å². The molecule has 0 unspecified atom stereocenters. The minimum absolute atomic E-state index is 0.0670. The van der Waals surface area contributed by atoms with Gasteiger partial charge in [0.1, 0.15) is 12.8 Å². The third-order valence-corrected chi connectivity index (χ3v) is 9.38. The number of aliphatic hydroxyl groups is 2. The van der Waals surface area contributed by atoms with Gasteiger partial charge in [-0.05, 0) is 43.6 Å². The van der Waals surface area contributed by atoms with E-state index in [2.05, 4.69) is 0 Å². The predicted molar refractivity (Wildman–Crippen MR) is 119 cm³/mol. The number of aliphatic hydroxyl groups excluding tert-OH is 2. The van der Waals surface area contributed by atoms with Gasteiger partial charge in [0.2, 0.25) is 11.6 Å². The lowest BCUT2D eigenvalue weighted by molar-refractivity contribution is -0.206. The number of rotatable bonds is 5. The largest absolute Gasteiger partial charge is 0.450 e. The molecule has 4 aliphatic rings. The number of alkyl halides is 1. The standard InChI is InChI=1S/C26H34F2O6/c1-5-6-20(33)34-26(19(32)12-29)13(2)9-15-14-10-16(27)22-23(28)17(30)7-8-24(22,3)21(14)18(31)11-25(15,26)4/h7-8,13-16,18,21,29,31H,5-6,9-12H2,1-4H3/t13-,14+,15+,16+,18+,21-,24-,25+,26-/m1/s1. The van der Waals surface area contributed by atoms with Crippen molar-refractivity contribution in [1.29, 1.82) is 0 Å². The van der Waals surface area contributed by atoms with Crippen molar-refractivity contribution in [2.75, 3.05) is 6.61 Å². The van der Waals surface area contributed by atoms with Crippen LogP contribution in [0, 0.1) is 34.5 Å². The second-order valence-corrected chi connectivity index (χ2v) is 11.1. The Hall–Kier alpha value is -1.93. The van der Waals surface area contributed by atoms with E-state index in [1.54, 1.807) is 20.8 Å². The maximum atomic E-state index is 15.5. The summed E-state index contributed by atoms with van der Waals surface area (Å²) >= 11 is 0. The Bertz CT molecular complexity index is 974. The average molecular weight is 481 g/mol. The summed E-state index contributed by atoms with van der Waals surface area (Å²) in [6.07, 6.45) is 0.881. The highest BCUT2D eigenvalue weighted by Crippen LogP contribution is 2.69. The first-order valence-electron chi connectivity index (χ1n) is 12.2. The molecule has 8 heteroatoms. The Kier molecular flexibility index (Phi) is 6.17. The third kappa shape index (κ3) is 3.13. The van der Waals surface area contributed by atoms with Crippen molar-refractivity contribution in [2.24, 2.45) is 34.5 Å². The summed E-state index contributed by atoms with van der Waals surface area (Å²) < 4.78 is 36.3. The topological polar surface area (TPSA) is 101 Å². The molecule has 0 saturated heterocycles. The number of carbonyl (C=O) groups is 3. The van der Waals surface area contributed by atoms with Crippen molar-refractivity contribution >= 4 is 17.5 Å². The van der Waals surface area contributed by atoms with Gasteiger partial charge >= 0.3 is 5.97 Å². The Morgan fingerprint density at radius 2 is 1.94 bits per heavy atom. The number of ketones is 2. The highest BCUT2D eigenvalue weighted by Gasteiger charge is 2.73. The predicted octanol–water partition coefficient (Wildman–Crippen LogP) is 3.40. The number of hydrogen-bond acceptors (Lipinski definition) is 6. The molecule has 2 N–H and O–H groups in total. The summed E-state index contributed by atoms with van der Waals surface area (Å²) in [4.78, 5) is 37.8. The van der Waals surface area contributed by atoms with Crippen LogP contribution in [0.4, 0.5) is 8.78 Å². The zero-order valence-corrected chi connectivity index (χ0v) is 20.1. The van der Waals surface area contributed by atoms with Gasteiger partial charge in [0.15, 0.2) is 11.4 Å². The number of carbonyl (C=O) groups excluding carboxylic acids is 3. The van der Waals surface area contributed by atoms with Crippen molar-refractivity contribution < 1.29 is 38.1 Å². The molecular weight excluding hydrogens is 446 g/mol. The first kappa shape index (κ1) is 25.2. The Balaban J connectivity index is 1.83. The van der Waals surface area contributed by atoms with Gasteiger partial charge < -0.3 is 14.9 Å². The first-order valence-corrected chi connectivity index (χ1v) is 12.2. The summed E-state index contributed by atoms with van der Waals surface area (Å²) in [5, 5.41) is 21.3. The second kappa shape index (κ2) is 8.33. The Morgan fingerprint density at radius 1 is 1.26 bits per heavy atom. The van der Waals surface area contributed by atoms with Crippen LogP contribution in [0.3, 0.4) is 0 Å². The summed E-state index contributed by atoms with van der Waals surface area (Å²) in [5.74, 6) is -4.90. The molecule has 34 heavy (non-hydrogen) atoms. The molecule has 9 atom stereocenters. The highest BCUT2D eigenvalue weighted by atomic mass is 19.1. The number of ether oxygens (including phenoxy) is 1. The van der Waals surface area contributed by atoms with Crippen molar-refractivity contribution in [3.63, 3.8) is 0 Å². The Morgan fingerprint density at radius 3 is 2.56 bits per heavy atom. The van der Waals surface area contributed by atoms with Gasteiger partial charge in [0.25, 0.3) is 0 Å². The SMILES string of the molecule is CCCC(=O)O[C@@]1(C(=O)CO)[C@H](C)C[C@H]2[C@@H]3C[C@H](F)C4=C(F)C(=O)C=C[C@]4(C)[C@H]3[C@@H](O)C[C@@]21C. The third-order valence-electron chi connectivity index (χ3n) is 9.38. The normalized spacial score (nSPS) is 45.5. The summed E-state index contributed by atoms with van der Waals surface area (Å²) in [5.41, 5.74) is -4.07. The van der Waals surface area contributed by atoms with Crippen molar-refractivity contribution in [2.45, 2.75) is 77.7 Å². The van der Waals surface area contributed by atoms with Crippen LogP contribution in [-0.2, 0) is 19.1 Å². The van der Waals surface area contributed by atoms with E-state index in [-0.39, 0.29) is 30.8 Å². The van der Waals surface area contributed by atoms with Crippen LogP contribution in [0.2, 0.25) is 0 Å².